The lowest BCUT2D eigenvalue weighted by atomic mass is 10.0. The molecule has 3 N–H and O–H groups in total. The summed E-state index contributed by atoms with van der Waals surface area (Å²) in [6.45, 7) is 3.47. The van der Waals surface area contributed by atoms with Gasteiger partial charge in [-0.15, -0.1) is 0 Å². The average molecular weight is 272 g/mol. The Morgan fingerprint density at radius 1 is 1.37 bits per heavy atom. The van der Waals surface area contributed by atoms with Gasteiger partial charge in [-0.3, -0.25) is 14.9 Å². The Morgan fingerprint density at radius 3 is 2.68 bits per heavy atom. The molecule has 1 aliphatic heterocycles. The van der Waals surface area contributed by atoms with E-state index in [1.165, 1.54) is 0 Å². The van der Waals surface area contributed by atoms with Gasteiger partial charge in [-0.25, -0.2) is 4.79 Å². The lowest BCUT2D eigenvalue weighted by molar-refractivity contribution is -0.138. The molecule has 108 valence electrons. The summed E-state index contributed by atoms with van der Waals surface area (Å²) in [5.74, 6) is -1.42. The minimum absolute atomic E-state index is 0.0201. The Balaban J connectivity index is 2.16. The van der Waals surface area contributed by atoms with Crippen molar-refractivity contribution in [1.29, 1.82) is 0 Å². The maximum atomic E-state index is 11.5. The van der Waals surface area contributed by atoms with Crippen LogP contribution in [-0.2, 0) is 14.3 Å². The number of carbonyl (C=O) groups is 3. The van der Waals surface area contributed by atoms with Crippen LogP contribution in [0.1, 0.15) is 26.2 Å². The van der Waals surface area contributed by atoms with Crippen LogP contribution in [0.2, 0.25) is 0 Å². The number of rotatable bonds is 6. The summed E-state index contributed by atoms with van der Waals surface area (Å²) in [5, 5.41) is 13.3. The number of nitrogens with one attached hydrogen (secondary N) is 2. The zero-order chi connectivity index (χ0) is 14.3. The van der Waals surface area contributed by atoms with Gasteiger partial charge in [0.1, 0.15) is 0 Å². The predicted molar refractivity (Wildman–Crippen MR) is 66.5 cm³/mol. The molecule has 1 aliphatic rings. The van der Waals surface area contributed by atoms with E-state index in [4.69, 9.17) is 9.84 Å². The third-order valence-electron chi connectivity index (χ3n) is 2.89. The standard InChI is InChI=1S/C12H20N2O5/c1-8(5-11(16)17)4-10(15)14-12(18)13-6-9-2-3-19-7-9/h8-9H,2-7H2,1H3,(H,16,17)(H2,13,14,15,18). The lowest BCUT2D eigenvalue weighted by Crippen LogP contribution is -2.42. The van der Waals surface area contributed by atoms with E-state index in [2.05, 4.69) is 10.6 Å². The summed E-state index contributed by atoms with van der Waals surface area (Å²) in [6.07, 6.45) is 0.838. The van der Waals surface area contributed by atoms with Gasteiger partial charge in [0, 0.05) is 31.9 Å². The van der Waals surface area contributed by atoms with Crippen molar-refractivity contribution in [3.05, 3.63) is 0 Å². The van der Waals surface area contributed by atoms with Crippen molar-refractivity contribution >= 4 is 17.9 Å². The van der Waals surface area contributed by atoms with Crippen LogP contribution in [0.4, 0.5) is 4.79 Å². The molecular formula is C12H20N2O5. The van der Waals surface area contributed by atoms with E-state index in [-0.39, 0.29) is 18.8 Å². The van der Waals surface area contributed by atoms with Crippen LogP contribution in [0.5, 0.6) is 0 Å². The van der Waals surface area contributed by atoms with E-state index in [1.54, 1.807) is 6.92 Å². The van der Waals surface area contributed by atoms with Crippen LogP contribution >= 0.6 is 0 Å². The second kappa shape index (κ2) is 7.73. The second-order valence-electron chi connectivity index (χ2n) is 4.89. The molecule has 0 aliphatic carbocycles. The third kappa shape index (κ3) is 6.76. The topological polar surface area (TPSA) is 105 Å². The fourth-order valence-electron chi connectivity index (χ4n) is 1.89. The maximum absolute atomic E-state index is 11.5. The number of carboxylic acids is 1. The Kier molecular flexibility index (Phi) is 6.27. The van der Waals surface area contributed by atoms with E-state index in [0.29, 0.717) is 25.7 Å². The second-order valence-corrected chi connectivity index (χ2v) is 4.89. The molecule has 0 radical (unpaired) electrons. The number of hydrogen-bond acceptors (Lipinski definition) is 4. The van der Waals surface area contributed by atoms with Crippen molar-refractivity contribution < 1.29 is 24.2 Å². The molecule has 1 saturated heterocycles. The minimum Gasteiger partial charge on any atom is -0.481 e. The average Bonchev–Trinajstić information content (AvgIpc) is 2.77. The van der Waals surface area contributed by atoms with Crippen LogP contribution in [0, 0.1) is 11.8 Å². The first-order valence-corrected chi connectivity index (χ1v) is 6.34. The van der Waals surface area contributed by atoms with E-state index < -0.39 is 17.9 Å². The molecule has 7 nitrogen and oxygen atoms in total. The Bertz CT molecular complexity index is 339. The molecule has 0 bridgehead atoms. The van der Waals surface area contributed by atoms with Gasteiger partial charge in [0.2, 0.25) is 5.91 Å². The first-order chi connectivity index (χ1) is 8.97. The Morgan fingerprint density at radius 2 is 2.11 bits per heavy atom. The molecule has 3 amide bonds. The first kappa shape index (κ1) is 15.4. The molecule has 1 rings (SSSR count). The molecule has 0 aromatic heterocycles. The summed E-state index contributed by atoms with van der Waals surface area (Å²) in [4.78, 5) is 33.3. The normalized spacial score (nSPS) is 19.7. The Labute approximate surface area is 111 Å². The molecule has 2 unspecified atom stereocenters. The maximum Gasteiger partial charge on any atom is 0.321 e. The van der Waals surface area contributed by atoms with Gasteiger partial charge in [0.25, 0.3) is 0 Å². The highest BCUT2D eigenvalue weighted by molar-refractivity contribution is 5.94. The van der Waals surface area contributed by atoms with Crippen LogP contribution in [0.3, 0.4) is 0 Å². The number of carboxylic acid groups (broad SMARTS) is 1. The Hall–Kier alpha value is -1.63. The molecule has 0 aromatic rings. The van der Waals surface area contributed by atoms with E-state index in [9.17, 15) is 14.4 Å². The van der Waals surface area contributed by atoms with Crippen LogP contribution < -0.4 is 10.6 Å². The molecule has 0 spiro atoms. The number of carbonyl (C=O) groups excluding carboxylic acids is 2. The molecule has 0 aromatic carbocycles. The summed E-state index contributed by atoms with van der Waals surface area (Å²) < 4.78 is 5.17. The molecule has 0 saturated carbocycles. The van der Waals surface area contributed by atoms with Crippen molar-refractivity contribution in [3.63, 3.8) is 0 Å². The number of urea groups is 1. The monoisotopic (exact) mass is 272 g/mol. The molecule has 19 heavy (non-hydrogen) atoms. The highest BCUT2D eigenvalue weighted by Gasteiger charge is 2.18. The zero-order valence-corrected chi connectivity index (χ0v) is 11.0. The third-order valence-corrected chi connectivity index (χ3v) is 2.89. The van der Waals surface area contributed by atoms with Crippen molar-refractivity contribution in [2.45, 2.75) is 26.2 Å². The van der Waals surface area contributed by atoms with Crippen molar-refractivity contribution in [2.24, 2.45) is 11.8 Å². The van der Waals surface area contributed by atoms with Gasteiger partial charge in [-0.2, -0.15) is 0 Å². The fraction of sp³-hybridized carbons (Fsp3) is 0.750. The molecular weight excluding hydrogens is 252 g/mol. The summed E-state index contributed by atoms with van der Waals surface area (Å²) >= 11 is 0. The molecule has 7 heteroatoms. The number of ether oxygens (including phenoxy) is 1. The number of aliphatic carboxylic acids is 1. The fourth-order valence-corrected chi connectivity index (χ4v) is 1.89. The van der Waals surface area contributed by atoms with Gasteiger partial charge >= 0.3 is 12.0 Å². The minimum atomic E-state index is -0.953. The van der Waals surface area contributed by atoms with Gasteiger partial charge < -0.3 is 15.2 Å². The summed E-state index contributed by atoms with van der Waals surface area (Å²) in [7, 11) is 0. The van der Waals surface area contributed by atoms with E-state index >= 15 is 0 Å². The smallest absolute Gasteiger partial charge is 0.321 e. The zero-order valence-electron chi connectivity index (χ0n) is 11.0. The van der Waals surface area contributed by atoms with Crippen LogP contribution in [-0.4, -0.2) is 42.8 Å². The van der Waals surface area contributed by atoms with Gasteiger partial charge in [0.05, 0.1) is 6.61 Å². The van der Waals surface area contributed by atoms with Crippen molar-refractivity contribution in [1.82, 2.24) is 10.6 Å². The highest BCUT2D eigenvalue weighted by atomic mass is 16.5. The van der Waals surface area contributed by atoms with Gasteiger partial charge in [-0.1, -0.05) is 6.92 Å². The predicted octanol–water partition coefficient (Wildman–Crippen LogP) is 0.350. The van der Waals surface area contributed by atoms with Crippen molar-refractivity contribution in [2.75, 3.05) is 19.8 Å². The number of imide groups is 1. The van der Waals surface area contributed by atoms with Crippen molar-refractivity contribution in [3.8, 4) is 0 Å². The summed E-state index contributed by atoms with van der Waals surface area (Å²) in [5.41, 5.74) is 0. The number of amides is 3. The number of hydrogen-bond donors (Lipinski definition) is 3. The highest BCUT2D eigenvalue weighted by Crippen LogP contribution is 2.10. The lowest BCUT2D eigenvalue weighted by Gasteiger charge is -2.11. The first-order valence-electron chi connectivity index (χ1n) is 6.34. The van der Waals surface area contributed by atoms with Crippen LogP contribution in [0.15, 0.2) is 0 Å². The molecule has 1 heterocycles. The summed E-state index contributed by atoms with van der Waals surface area (Å²) in [6, 6.07) is -0.542. The largest absolute Gasteiger partial charge is 0.481 e. The molecule has 2 atom stereocenters. The van der Waals surface area contributed by atoms with E-state index in [1.807, 2.05) is 0 Å². The quantitative estimate of drug-likeness (QED) is 0.647. The SMILES string of the molecule is CC(CC(=O)O)CC(=O)NC(=O)NCC1CCOC1. The van der Waals surface area contributed by atoms with Crippen LogP contribution in [0.25, 0.3) is 0 Å². The van der Waals surface area contributed by atoms with E-state index in [0.717, 1.165) is 6.42 Å². The van der Waals surface area contributed by atoms with Gasteiger partial charge in [0.15, 0.2) is 0 Å². The molecule has 1 fully saturated rings. The van der Waals surface area contributed by atoms with Gasteiger partial charge in [-0.05, 0) is 12.3 Å².